The van der Waals surface area contributed by atoms with Gasteiger partial charge in [-0.05, 0) is 48.9 Å². The van der Waals surface area contributed by atoms with E-state index < -0.39 is 0 Å². The van der Waals surface area contributed by atoms with E-state index >= 15 is 0 Å². The number of carbonyl (C=O) groups excluding carboxylic acids is 1. The molecule has 0 saturated heterocycles. The number of pyridine rings is 1. The minimum Gasteiger partial charge on any atom is -0.497 e. The van der Waals surface area contributed by atoms with Gasteiger partial charge in [-0.1, -0.05) is 30.3 Å². The highest BCUT2D eigenvalue weighted by molar-refractivity contribution is 6.04. The van der Waals surface area contributed by atoms with Gasteiger partial charge >= 0.3 is 0 Å². The van der Waals surface area contributed by atoms with Crippen molar-refractivity contribution in [1.29, 1.82) is 0 Å². The molecule has 5 heteroatoms. The van der Waals surface area contributed by atoms with Gasteiger partial charge in [0.15, 0.2) is 0 Å². The van der Waals surface area contributed by atoms with Gasteiger partial charge in [0.2, 0.25) is 0 Å². The first-order valence-electron chi connectivity index (χ1n) is 8.90. The van der Waals surface area contributed by atoms with Crippen LogP contribution in [-0.4, -0.2) is 24.5 Å². The number of hydrogen-bond donors (Lipinski definition) is 1. The number of benzene rings is 2. The quantitative estimate of drug-likeness (QED) is 0.679. The lowest BCUT2D eigenvalue weighted by Gasteiger charge is -2.22. The molecule has 2 aromatic carbocycles. The predicted octanol–water partition coefficient (Wildman–Crippen LogP) is 4.37. The Morgan fingerprint density at radius 2 is 1.78 bits per heavy atom. The Morgan fingerprint density at radius 1 is 1.04 bits per heavy atom. The fourth-order valence-corrected chi connectivity index (χ4v) is 2.75. The van der Waals surface area contributed by atoms with E-state index in [1.54, 1.807) is 37.6 Å². The number of methoxy groups -OCH3 is 1. The van der Waals surface area contributed by atoms with Gasteiger partial charge in [-0.3, -0.25) is 4.79 Å². The number of hydrogen-bond acceptors (Lipinski definition) is 4. The largest absolute Gasteiger partial charge is 0.497 e. The predicted molar refractivity (Wildman–Crippen MR) is 108 cm³/mol. The molecule has 0 aliphatic rings. The van der Waals surface area contributed by atoms with Crippen molar-refractivity contribution in [3.63, 3.8) is 0 Å². The number of aromatic nitrogens is 1. The maximum absolute atomic E-state index is 12.3. The van der Waals surface area contributed by atoms with Crippen molar-refractivity contribution >= 4 is 17.4 Å². The number of nitrogens with one attached hydrogen (secondary N) is 1. The summed E-state index contributed by atoms with van der Waals surface area (Å²) in [4.78, 5) is 19.0. The van der Waals surface area contributed by atoms with Crippen molar-refractivity contribution in [3.05, 3.63) is 84.1 Å². The average Bonchev–Trinajstić information content (AvgIpc) is 2.73. The van der Waals surface area contributed by atoms with E-state index in [0.29, 0.717) is 11.3 Å². The molecule has 0 spiro atoms. The Kier molecular flexibility index (Phi) is 6.05. The summed E-state index contributed by atoms with van der Waals surface area (Å²) in [5.41, 5.74) is 2.47. The summed E-state index contributed by atoms with van der Waals surface area (Å²) in [7, 11) is 1.60. The lowest BCUT2D eigenvalue weighted by molar-refractivity contribution is 0.102. The molecule has 138 valence electrons. The molecule has 1 heterocycles. The fourth-order valence-electron chi connectivity index (χ4n) is 2.75. The number of rotatable bonds is 7. The molecule has 0 fully saturated rings. The van der Waals surface area contributed by atoms with Gasteiger partial charge in [-0.2, -0.15) is 0 Å². The van der Waals surface area contributed by atoms with Crippen molar-refractivity contribution < 1.29 is 9.53 Å². The molecule has 3 aromatic rings. The van der Waals surface area contributed by atoms with Gasteiger partial charge in [0, 0.05) is 18.7 Å². The zero-order valence-corrected chi connectivity index (χ0v) is 15.6. The highest BCUT2D eigenvalue weighted by atomic mass is 16.5. The number of amides is 1. The second-order valence-corrected chi connectivity index (χ2v) is 6.09. The minimum atomic E-state index is -0.177. The van der Waals surface area contributed by atoms with Crippen LogP contribution in [0, 0.1) is 0 Å². The smallest absolute Gasteiger partial charge is 0.255 e. The maximum atomic E-state index is 12.3. The van der Waals surface area contributed by atoms with Crippen LogP contribution >= 0.6 is 0 Å². The van der Waals surface area contributed by atoms with Crippen LogP contribution in [0.4, 0.5) is 11.5 Å². The van der Waals surface area contributed by atoms with Crippen LogP contribution < -0.4 is 15.0 Å². The molecule has 27 heavy (non-hydrogen) atoms. The number of anilines is 2. The van der Waals surface area contributed by atoms with Gasteiger partial charge in [0.05, 0.1) is 19.0 Å². The molecule has 0 atom stereocenters. The highest BCUT2D eigenvalue weighted by Crippen LogP contribution is 2.18. The van der Waals surface area contributed by atoms with Gasteiger partial charge in [-0.15, -0.1) is 0 Å². The molecule has 1 N–H and O–H groups in total. The minimum absolute atomic E-state index is 0.177. The third-order valence-corrected chi connectivity index (χ3v) is 4.28. The second kappa shape index (κ2) is 8.85. The van der Waals surface area contributed by atoms with Crippen LogP contribution in [-0.2, 0) is 6.54 Å². The molecule has 1 amide bonds. The average molecular weight is 361 g/mol. The number of nitrogens with zero attached hydrogens (tertiary/aromatic N) is 2. The molecule has 1 aromatic heterocycles. The molecule has 0 aliphatic carbocycles. The monoisotopic (exact) mass is 361 g/mol. The molecule has 0 unspecified atom stereocenters. The van der Waals surface area contributed by atoms with E-state index in [4.69, 9.17) is 4.74 Å². The standard InChI is InChI=1S/C22H23N3O2/c1-3-25(16-17-7-5-4-6-8-17)21-14-11-19(15-23-21)24-22(26)18-9-12-20(27-2)13-10-18/h4-15H,3,16H2,1-2H3,(H,24,26). The molecule has 0 radical (unpaired) electrons. The van der Waals surface area contributed by atoms with Crippen LogP contribution in [0.2, 0.25) is 0 Å². The van der Waals surface area contributed by atoms with E-state index in [1.807, 2.05) is 30.3 Å². The molecular formula is C22H23N3O2. The Labute approximate surface area is 159 Å². The summed E-state index contributed by atoms with van der Waals surface area (Å²) in [5, 5.41) is 2.87. The van der Waals surface area contributed by atoms with Crippen LogP contribution in [0.15, 0.2) is 72.9 Å². The van der Waals surface area contributed by atoms with Crippen LogP contribution in [0.25, 0.3) is 0 Å². The Bertz CT molecular complexity index is 862. The van der Waals surface area contributed by atoms with Crippen molar-refractivity contribution in [2.24, 2.45) is 0 Å². The van der Waals surface area contributed by atoms with Crippen LogP contribution in [0.5, 0.6) is 5.75 Å². The second-order valence-electron chi connectivity index (χ2n) is 6.09. The molecule has 5 nitrogen and oxygen atoms in total. The van der Waals surface area contributed by atoms with Crippen molar-refractivity contribution in [2.75, 3.05) is 23.9 Å². The molecule has 3 rings (SSSR count). The van der Waals surface area contributed by atoms with Crippen LogP contribution in [0.1, 0.15) is 22.8 Å². The van der Waals surface area contributed by atoms with Gasteiger partial charge in [0.1, 0.15) is 11.6 Å². The van der Waals surface area contributed by atoms with Crippen LogP contribution in [0.3, 0.4) is 0 Å². The zero-order chi connectivity index (χ0) is 19.1. The molecular weight excluding hydrogens is 338 g/mol. The Balaban J connectivity index is 1.65. The fraction of sp³-hybridized carbons (Fsp3) is 0.182. The maximum Gasteiger partial charge on any atom is 0.255 e. The first-order valence-corrected chi connectivity index (χ1v) is 8.90. The molecule has 0 saturated carbocycles. The highest BCUT2D eigenvalue weighted by Gasteiger charge is 2.09. The van der Waals surface area contributed by atoms with Gasteiger partial charge in [-0.25, -0.2) is 4.98 Å². The van der Waals surface area contributed by atoms with E-state index in [2.05, 4.69) is 34.3 Å². The van der Waals surface area contributed by atoms with E-state index in [-0.39, 0.29) is 5.91 Å². The number of ether oxygens (including phenoxy) is 1. The van der Waals surface area contributed by atoms with Crippen molar-refractivity contribution in [1.82, 2.24) is 4.98 Å². The van der Waals surface area contributed by atoms with Gasteiger partial charge < -0.3 is 15.0 Å². The topological polar surface area (TPSA) is 54.5 Å². The van der Waals surface area contributed by atoms with E-state index in [1.165, 1.54) is 5.56 Å². The summed E-state index contributed by atoms with van der Waals surface area (Å²) in [6, 6.07) is 21.1. The van der Waals surface area contributed by atoms with E-state index in [0.717, 1.165) is 24.7 Å². The Morgan fingerprint density at radius 3 is 2.37 bits per heavy atom. The zero-order valence-electron chi connectivity index (χ0n) is 15.6. The third-order valence-electron chi connectivity index (χ3n) is 4.28. The number of carbonyl (C=O) groups is 1. The molecule has 0 aliphatic heterocycles. The lowest BCUT2D eigenvalue weighted by atomic mass is 10.2. The Hall–Kier alpha value is -3.34. The SMILES string of the molecule is CCN(Cc1ccccc1)c1ccc(NC(=O)c2ccc(OC)cc2)cn1. The summed E-state index contributed by atoms with van der Waals surface area (Å²) >= 11 is 0. The van der Waals surface area contributed by atoms with Gasteiger partial charge in [0.25, 0.3) is 5.91 Å². The lowest BCUT2D eigenvalue weighted by Crippen LogP contribution is -2.23. The van der Waals surface area contributed by atoms with Crippen molar-refractivity contribution in [3.8, 4) is 5.75 Å². The molecule has 0 bridgehead atoms. The summed E-state index contributed by atoms with van der Waals surface area (Å²) in [6.45, 7) is 3.74. The summed E-state index contributed by atoms with van der Waals surface area (Å²) < 4.78 is 5.11. The first-order chi connectivity index (χ1) is 13.2. The third kappa shape index (κ3) is 4.85. The first kappa shape index (κ1) is 18.5. The van der Waals surface area contributed by atoms with Crippen molar-refractivity contribution in [2.45, 2.75) is 13.5 Å². The summed E-state index contributed by atoms with van der Waals surface area (Å²) in [6.07, 6.45) is 1.68. The van der Waals surface area contributed by atoms with E-state index in [9.17, 15) is 4.79 Å². The normalized spacial score (nSPS) is 10.3. The summed E-state index contributed by atoms with van der Waals surface area (Å²) in [5.74, 6) is 1.42.